The first-order valence-corrected chi connectivity index (χ1v) is 8.44. The lowest BCUT2D eigenvalue weighted by Crippen LogP contribution is -2.11. The van der Waals surface area contributed by atoms with Gasteiger partial charge in [-0.05, 0) is 67.9 Å². The van der Waals surface area contributed by atoms with Gasteiger partial charge in [0, 0.05) is 16.8 Å². The maximum Gasteiger partial charge on any atom is 0.255 e. The molecule has 0 fully saturated rings. The highest BCUT2D eigenvalue weighted by Gasteiger charge is 2.10. The predicted octanol–water partition coefficient (Wildman–Crippen LogP) is 5.36. The van der Waals surface area contributed by atoms with Crippen LogP contribution in [0.3, 0.4) is 0 Å². The molecule has 1 amide bonds. The second-order valence-corrected chi connectivity index (χ2v) is 6.39. The fourth-order valence-corrected chi connectivity index (χ4v) is 2.77. The van der Waals surface area contributed by atoms with E-state index in [2.05, 4.69) is 10.3 Å². The second-order valence-electron chi connectivity index (χ2n) is 6.39. The molecule has 128 valence electrons. The number of aromatic nitrogens is 1. The van der Waals surface area contributed by atoms with E-state index in [4.69, 9.17) is 4.42 Å². The van der Waals surface area contributed by atoms with Crippen LogP contribution in [0.15, 0.2) is 71.1 Å². The number of fused-ring (bicyclic) bond motifs is 1. The Hall–Kier alpha value is -3.40. The molecule has 1 aromatic heterocycles. The van der Waals surface area contributed by atoms with Gasteiger partial charge in [0.2, 0.25) is 5.89 Å². The molecule has 0 aliphatic heterocycles. The zero-order valence-electron chi connectivity index (χ0n) is 14.6. The second kappa shape index (κ2) is 6.48. The number of nitrogens with one attached hydrogen (secondary N) is 1. The number of amides is 1. The van der Waals surface area contributed by atoms with Crippen molar-refractivity contribution < 1.29 is 9.21 Å². The molecular formula is C22H18N2O2. The molecule has 0 atom stereocenters. The van der Waals surface area contributed by atoms with E-state index in [0.29, 0.717) is 11.5 Å². The molecule has 26 heavy (non-hydrogen) atoms. The summed E-state index contributed by atoms with van der Waals surface area (Å²) in [6, 6.07) is 20.9. The number of benzene rings is 3. The summed E-state index contributed by atoms with van der Waals surface area (Å²) in [5.74, 6) is 0.442. The van der Waals surface area contributed by atoms with Gasteiger partial charge in [0.25, 0.3) is 5.91 Å². The van der Waals surface area contributed by atoms with Gasteiger partial charge in [-0.1, -0.05) is 23.8 Å². The highest BCUT2D eigenvalue weighted by Crippen LogP contribution is 2.26. The van der Waals surface area contributed by atoms with Gasteiger partial charge in [0.15, 0.2) is 5.58 Å². The SMILES string of the molecule is Cc1ccc(C(=O)Nc2ccc(-c3nc4cc(C)ccc4o3)cc2)cc1. The van der Waals surface area contributed by atoms with E-state index in [9.17, 15) is 4.79 Å². The number of anilines is 1. The first kappa shape index (κ1) is 16.1. The Kier molecular flexibility index (Phi) is 4.01. The van der Waals surface area contributed by atoms with Crippen molar-refractivity contribution in [3.8, 4) is 11.5 Å². The van der Waals surface area contributed by atoms with Gasteiger partial charge in [-0.25, -0.2) is 4.98 Å². The van der Waals surface area contributed by atoms with Crippen molar-refractivity contribution in [1.82, 2.24) is 4.98 Å². The topological polar surface area (TPSA) is 55.1 Å². The van der Waals surface area contributed by atoms with Crippen molar-refractivity contribution in [3.05, 3.63) is 83.4 Å². The number of carbonyl (C=O) groups excluding carboxylic acids is 1. The average molecular weight is 342 g/mol. The lowest BCUT2D eigenvalue weighted by atomic mass is 10.1. The highest BCUT2D eigenvalue weighted by molar-refractivity contribution is 6.04. The Bertz CT molecular complexity index is 1080. The van der Waals surface area contributed by atoms with Gasteiger partial charge in [-0.3, -0.25) is 4.79 Å². The largest absolute Gasteiger partial charge is 0.436 e. The molecule has 4 rings (SSSR count). The minimum Gasteiger partial charge on any atom is -0.436 e. The molecule has 4 nitrogen and oxygen atoms in total. The number of hydrogen-bond donors (Lipinski definition) is 1. The van der Waals surface area contributed by atoms with Gasteiger partial charge in [-0.15, -0.1) is 0 Å². The first-order valence-electron chi connectivity index (χ1n) is 8.44. The van der Waals surface area contributed by atoms with Gasteiger partial charge < -0.3 is 9.73 Å². The van der Waals surface area contributed by atoms with E-state index in [1.54, 1.807) is 0 Å². The smallest absolute Gasteiger partial charge is 0.255 e. The van der Waals surface area contributed by atoms with Crippen LogP contribution in [0.4, 0.5) is 5.69 Å². The van der Waals surface area contributed by atoms with Crippen molar-refractivity contribution >= 4 is 22.7 Å². The van der Waals surface area contributed by atoms with Gasteiger partial charge >= 0.3 is 0 Å². The normalized spacial score (nSPS) is 10.8. The maximum atomic E-state index is 12.3. The molecule has 0 aliphatic rings. The molecule has 1 N–H and O–H groups in total. The fraction of sp³-hybridized carbons (Fsp3) is 0.0909. The standard InChI is InChI=1S/C22H18N2O2/c1-14-3-6-16(7-4-14)21(25)23-18-10-8-17(9-11-18)22-24-19-13-15(2)5-12-20(19)26-22/h3-13H,1-2H3,(H,23,25). The third-order valence-corrected chi connectivity index (χ3v) is 4.25. The summed E-state index contributed by atoms with van der Waals surface area (Å²) in [4.78, 5) is 16.8. The van der Waals surface area contributed by atoms with Crippen molar-refractivity contribution in [2.45, 2.75) is 13.8 Å². The first-order chi connectivity index (χ1) is 12.6. The summed E-state index contributed by atoms with van der Waals surface area (Å²) in [5, 5.41) is 2.90. The molecule has 1 heterocycles. The van der Waals surface area contributed by atoms with Gasteiger partial charge in [-0.2, -0.15) is 0 Å². The van der Waals surface area contributed by atoms with E-state index in [1.807, 2.05) is 80.6 Å². The van der Waals surface area contributed by atoms with Crippen LogP contribution >= 0.6 is 0 Å². The number of carbonyl (C=O) groups is 1. The fourth-order valence-electron chi connectivity index (χ4n) is 2.77. The monoisotopic (exact) mass is 342 g/mol. The molecule has 0 radical (unpaired) electrons. The molecule has 0 saturated carbocycles. The Balaban J connectivity index is 1.54. The molecule has 0 bridgehead atoms. The molecule has 3 aromatic carbocycles. The molecule has 0 spiro atoms. The third-order valence-electron chi connectivity index (χ3n) is 4.25. The minimum absolute atomic E-state index is 0.130. The summed E-state index contributed by atoms with van der Waals surface area (Å²) in [6.45, 7) is 4.02. The molecular weight excluding hydrogens is 324 g/mol. The van der Waals surface area contributed by atoms with Gasteiger partial charge in [0.05, 0.1) is 0 Å². The molecule has 0 aliphatic carbocycles. The van der Waals surface area contributed by atoms with Crippen LogP contribution in [-0.2, 0) is 0 Å². The number of nitrogens with zero attached hydrogens (tertiary/aromatic N) is 1. The Morgan fingerprint density at radius 1 is 0.885 bits per heavy atom. The van der Waals surface area contributed by atoms with E-state index < -0.39 is 0 Å². The molecule has 0 saturated heterocycles. The van der Waals surface area contributed by atoms with Crippen molar-refractivity contribution in [1.29, 1.82) is 0 Å². The summed E-state index contributed by atoms with van der Waals surface area (Å²) >= 11 is 0. The summed E-state index contributed by atoms with van der Waals surface area (Å²) in [6.07, 6.45) is 0. The maximum absolute atomic E-state index is 12.3. The number of oxazole rings is 1. The predicted molar refractivity (Wildman–Crippen MR) is 103 cm³/mol. The van der Waals surface area contributed by atoms with Gasteiger partial charge in [0.1, 0.15) is 5.52 Å². The Labute approximate surface area is 151 Å². The minimum atomic E-state index is -0.130. The summed E-state index contributed by atoms with van der Waals surface area (Å²) in [7, 11) is 0. The molecule has 4 heteroatoms. The zero-order chi connectivity index (χ0) is 18.1. The number of aryl methyl sites for hydroxylation is 2. The summed E-state index contributed by atoms with van der Waals surface area (Å²) in [5.41, 5.74) is 6.11. The molecule has 0 unspecified atom stereocenters. The number of rotatable bonds is 3. The third kappa shape index (κ3) is 3.22. The van der Waals surface area contributed by atoms with E-state index >= 15 is 0 Å². The van der Waals surface area contributed by atoms with Crippen LogP contribution in [-0.4, -0.2) is 10.9 Å². The average Bonchev–Trinajstić information content (AvgIpc) is 3.06. The van der Waals surface area contributed by atoms with Crippen LogP contribution in [0.5, 0.6) is 0 Å². The Morgan fingerprint density at radius 3 is 2.31 bits per heavy atom. The summed E-state index contributed by atoms with van der Waals surface area (Å²) < 4.78 is 5.81. The number of hydrogen-bond acceptors (Lipinski definition) is 3. The molecule has 4 aromatic rings. The van der Waals surface area contributed by atoms with Crippen molar-refractivity contribution in [2.24, 2.45) is 0 Å². The van der Waals surface area contributed by atoms with Crippen LogP contribution in [0.2, 0.25) is 0 Å². The van der Waals surface area contributed by atoms with Crippen LogP contribution in [0, 0.1) is 13.8 Å². The van der Waals surface area contributed by atoms with E-state index in [-0.39, 0.29) is 5.91 Å². The lowest BCUT2D eigenvalue weighted by molar-refractivity contribution is 0.102. The van der Waals surface area contributed by atoms with E-state index in [1.165, 1.54) is 0 Å². The van der Waals surface area contributed by atoms with Crippen LogP contribution in [0.1, 0.15) is 21.5 Å². The van der Waals surface area contributed by atoms with Crippen molar-refractivity contribution in [3.63, 3.8) is 0 Å². The Morgan fingerprint density at radius 2 is 1.58 bits per heavy atom. The quantitative estimate of drug-likeness (QED) is 0.545. The van der Waals surface area contributed by atoms with E-state index in [0.717, 1.165) is 33.5 Å². The van der Waals surface area contributed by atoms with Crippen molar-refractivity contribution in [2.75, 3.05) is 5.32 Å². The lowest BCUT2D eigenvalue weighted by Gasteiger charge is -2.06. The highest BCUT2D eigenvalue weighted by atomic mass is 16.3. The van der Waals surface area contributed by atoms with Crippen LogP contribution in [0.25, 0.3) is 22.6 Å². The van der Waals surface area contributed by atoms with Crippen LogP contribution < -0.4 is 5.32 Å². The zero-order valence-corrected chi connectivity index (χ0v) is 14.6.